The number of furan rings is 1. The lowest BCUT2D eigenvalue weighted by Crippen LogP contribution is -2.39. The second kappa shape index (κ2) is 15.4. The number of nitrogens with zero attached hydrogens (tertiary/aromatic N) is 6. The van der Waals surface area contributed by atoms with Gasteiger partial charge in [0.1, 0.15) is 17.2 Å². The maximum Gasteiger partial charge on any atom is 0.355 e. The lowest BCUT2D eigenvalue weighted by atomic mass is 9.77. The molecule has 0 fully saturated rings. The summed E-state index contributed by atoms with van der Waals surface area (Å²) in [5.41, 5.74) is 5.00. The van der Waals surface area contributed by atoms with Crippen molar-refractivity contribution in [2.45, 2.75) is 36.7 Å². The molecule has 8 rings (SSSR count). The van der Waals surface area contributed by atoms with Gasteiger partial charge in [-0.3, -0.25) is 0 Å². The quantitative estimate of drug-likeness (QED) is 0.0961. The summed E-state index contributed by atoms with van der Waals surface area (Å²) in [5.74, 6) is 0.462. The summed E-state index contributed by atoms with van der Waals surface area (Å²) in [6.07, 6.45) is 1.66. The van der Waals surface area contributed by atoms with Crippen molar-refractivity contribution in [2.75, 3.05) is 0 Å². The number of hydrogen-bond acceptors (Lipinski definition) is 6. The standard InChI is InChI=1S/C43H33Br2ClN6O3/c1-2-14-34(44)41-47-39(46)37(42(53)54)51(41)26-27-23-24-35-33(25-27)36(45)38(55-35)31-21-12-13-22-32(31)40-48-50-52(49-40)43(28-15-6-3-7-16-28,29-17-8-4-9-18-29)30-19-10-5-11-20-30/h3-13,15-25,34H,2,14,26H2,1H3,(H,53,54). The van der Waals surface area contributed by atoms with E-state index >= 15 is 0 Å². The molecule has 0 saturated heterocycles. The molecule has 0 aliphatic heterocycles. The number of imidazole rings is 1. The van der Waals surface area contributed by atoms with E-state index in [4.69, 9.17) is 31.4 Å². The minimum Gasteiger partial charge on any atom is -0.476 e. The Kier molecular flexibility index (Phi) is 10.3. The van der Waals surface area contributed by atoms with Gasteiger partial charge >= 0.3 is 5.97 Å². The molecule has 3 aromatic heterocycles. The number of hydrogen-bond donors (Lipinski definition) is 1. The first kappa shape index (κ1) is 36.6. The highest BCUT2D eigenvalue weighted by Gasteiger charge is 2.41. The Morgan fingerprint density at radius 1 is 0.855 bits per heavy atom. The number of alkyl halides is 1. The maximum atomic E-state index is 12.3. The van der Waals surface area contributed by atoms with E-state index in [0.717, 1.165) is 56.1 Å². The van der Waals surface area contributed by atoms with Crippen LogP contribution >= 0.6 is 43.5 Å². The normalized spacial score (nSPS) is 12.3. The second-order valence-electron chi connectivity index (χ2n) is 13.1. The third-order valence-corrected chi connectivity index (χ3v) is 11.6. The van der Waals surface area contributed by atoms with Crippen molar-refractivity contribution < 1.29 is 14.3 Å². The minimum absolute atomic E-state index is 0.0356. The van der Waals surface area contributed by atoms with Crippen LogP contribution < -0.4 is 0 Å². The molecule has 0 saturated carbocycles. The van der Waals surface area contributed by atoms with Gasteiger partial charge in [-0.25, -0.2) is 9.78 Å². The first-order valence-electron chi connectivity index (χ1n) is 17.7. The molecule has 8 aromatic rings. The van der Waals surface area contributed by atoms with E-state index < -0.39 is 11.5 Å². The van der Waals surface area contributed by atoms with Gasteiger partial charge in [-0.1, -0.05) is 162 Å². The van der Waals surface area contributed by atoms with E-state index in [1.165, 1.54) is 0 Å². The number of aromatic nitrogens is 6. The summed E-state index contributed by atoms with van der Waals surface area (Å²) < 4.78 is 8.93. The Hall–Kier alpha value is -5.36. The van der Waals surface area contributed by atoms with E-state index in [1.54, 1.807) is 9.36 Å². The smallest absolute Gasteiger partial charge is 0.355 e. The Labute approximate surface area is 338 Å². The van der Waals surface area contributed by atoms with E-state index in [-0.39, 0.29) is 22.2 Å². The van der Waals surface area contributed by atoms with Crippen LogP contribution in [0.15, 0.2) is 142 Å². The lowest BCUT2D eigenvalue weighted by Gasteiger charge is -2.34. The van der Waals surface area contributed by atoms with Gasteiger partial charge in [0.05, 0.1) is 9.30 Å². The molecule has 1 unspecified atom stereocenters. The second-order valence-corrected chi connectivity index (χ2v) is 15.3. The monoisotopic (exact) mass is 874 g/mol. The number of carboxylic acids is 1. The highest BCUT2D eigenvalue weighted by atomic mass is 79.9. The molecular weight excluding hydrogens is 844 g/mol. The van der Waals surface area contributed by atoms with Gasteiger partial charge in [0.2, 0.25) is 5.82 Å². The highest BCUT2D eigenvalue weighted by Crippen LogP contribution is 2.43. The topological polar surface area (TPSA) is 112 Å². The summed E-state index contributed by atoms with van der Waals surface area (Å²) in [7, 11) is 0. The fourth-order valence-corrected chi connectivity index (χ4v) is 8.90. The average Bonchev–Trinajstić information content (AvgIpc) is 3.92. The Morgan fingerprint density at radius 2 is 1.44 bits per heavy atom. The van der Waals surface area contributed by atoms with Crippen molar-refractivity contribution in [1.29, 1.82) is 0 Å². The summed E-state index contributed by atoms with van der Waals surface area (Å²) in [6.45, 7) is 2.31. The van der Waals surface area contributed by atoms with Gasteiger partial charge in [0, 0.05) is 23.1 Å². The van der Waals surface area contributed by atoms with Gasteiger partial charge in [-0.15, -0.1) is 15.0 Å². The lowest BCUT2D eigenvalue weighted by molar-refractivity contribution is 0.0685. The minimum atomic E-state index is -1.14. The number of aromatic carboxylic acids is 1. The van der Waals surface area contributed by atoms with Crippen molar-refractivity contribution in [2.24, 2.45) is 0 Å². The van der Waals surface area contributed by atoms with Crippen LogP contribution in [0.5, 0.6) is 0 Å². The van der Waals surface area contributed by atoms with Crippen molar-refractivity contribution in [1.82, 2.24) is 29.8 Å². The Balaban J connectivity index is 1.22. The molecule has 55 heavy (non-hydrogen) atoms. The molecule has 0 aliphatic rings. The summed E-state index contributed by atoms with van der Waals surface area (Å²) in [5, 5.41) is 25.4. The first-order chi connectivity index (χ1) is 26.8. The molecule has 3 heterocycles. The molecule has 5 aromatic carbocycles. The van der Waals surface area contributed by atoms with Crippen LogP contribution in [0.2, 0.25) is 5.15 Å². The average molecular weight is 877 g/mol. The van der Waals surface area contributed by atoms with Crippen LogP contribution in [0.4, 0.5) is 0 Å². The zero-order chi connectivity index (χ0) is 38.1. The fraction of sp³-hybridized carbons (Fsp3) is 0.140. The molecule has 0 aliphatic carbocycles. The number of halogens is 3. The number of benzene rings is 5. The largest absolute Gasteiger partial charge is 0.476 e. The van der Waals surface area contributed by atoms with Crippen LogP contribution in [-0.2, 0) is 12.1 Å². The number of tetrazole rings is 1. The number of carbonyl (C=O) groups is 1. The SMILES string of the molecule is CCCC(Br)c1nc(Cl)c(C(=O)O)n1Cc1ccc2oc(-c3ccccc3-c3nnn(C(c4ccccc4)(c4ccccc4)c4ccccc4)n3)c(Br)c2c1. The van der Waals surface area contributed by atoms with Crippen LogP contribution in [-0.4, -0.2) is 40.8 Å². The van der Waals surface area contributed by atoms with Gasteiger partial charge < -0.3 is 14.1 Å². The molecule has 0 spiro atoms. The van der Waals surface area contributed by atoms with E-state index in [1.807, 2.05) is 97.1 Å². The van der Waals surface area contributed by atoms with Crippen LogP contribution in [0.25, 0.3) is 33.7 Å². The highest BCUT2D eigenvalue weighted by molar-refractivity contribution is 9.10. The van der Waals surface area contributed by atoms with E-state index in [2.05, 4.69) is 80.2 Å². The van der Waals surface area contributed by atoms with Crippen molar-refractivity contribution in [3.63, 3.8) is 0 Å². The molecule has 0 radical (unpaired) electrons. The van der Waals surface area contributed by atoms with Crippen LogP contribution in [0, 0.1) is 0 Å². The molecule has 274 valence electrons. The van der Waals surface area contributed by atoms with Crippen molar-refractivity contribution in [3.8, 4) is 22.7 Å². The van der Waals surface area contributed by atoms with Crippen molar-refractivity contribution in [3.05, 3.63) is 177 Å². The van der Waals surface area contributed by atoms with Gasteiger partial charge in [-0.05, 0) is 62.0 Å². The fourth-order valence-electron chi connectivity index (χ4n) is 7.22. The molecule has 12 heteroatoms. The Bertz CT molecular complexity index is 2530. The molecule has 1 atom stereocenters. The molecular formula is C43H33Br2ClN6O3. The summed E-state index contributed by atoms with van der Waals surface area (Å²) in [4.78, 5) is 18.3. The van der Waals surface area contributed by atoms with E-state index in [0.29, 0.717) is 23.0 Å². The zero-order valence-electron chi connectivity index (χ0n) is 29.5. The van der Waals surface area contributed by atoms with Gasteiger partial charge in [0.25, 0.3) is 0 Å². The molecule has 1 N–H and O–H groups in total. The van der Waals surface area contributed by atoms with Crippen LogP contribution in [0.1, 0.15) is 63.2 Å². The summed E-state index contributed by atoms with van der Waals surface area (Å²) >= 11 is 13.9. The van der Waals surface area contributed by atoms with Gasteiger partial charge in [-0.2, -0.15) is 0 Å². The molecule has 9 nitrogen and oxygen atoms in total. The Morgan fingerprint density at radius 3 is 2.02 bits per heavy atom. The maximum absolute atomic E-state index is 12.3. The molecule has 0 bridgehead atoms. The number of carboxylic acid groups (broad SMARTS) is 1. The van der Waals surface area contributed by atoms with E-state index in [9.17, 15) is 9.90 Å². The third-order valence-electron chi connectivity index (χ3n) is 9.71. The predicted octanol–water partition coefficient (Wildman–Crippen LogP) is 11.2. The zero-order valence-corrected chi connectivity index (χ0v) is 33.4. The van der Waals surface area contributed by atoms with Gasteiger partial charge in [0.15, 0.2) is 16.4 Å². The summed E-state index contributed by atoms with van der Waals surface area (Å²) in [6, 6.07) is 44.3. The third kappa shape index (κ3) is 6.60. The number of rotatable bonds is 12. The number of fused-ring (bicyclic) bond motifs is 1. The molecule has 0 amide bonds. The van der Waals surface area contributed by atoms with Crippen molar-refractivity contribution >= 4 is 60.4 Å². The first-order valence-corrected chi connectivity index (χ1v) is 19.8. The predicted molar refractivity (Wildman–Crippen MR) is 221 cm³/mol. The van der Waals surface area contributed by atoms with Crippen LogP contribution in [0.3, 0.4) is 0 Å².